The van der Waals surface area contributed by atoms with Crippen molar-refractivity contribution in [2.75, 3.05) is 5.73 Å². The van der Waals surface area contributed by atoms with Crippen LogP contribution in [0.25, 0.3) is 0 Å². The summed E-state index contributed by atoms with van der Waals surface area (Å²) in [7, 11) is 0. The predicted molar refractivity (Wildman–Crippen MR) is 82.3 cm³/mol. The van der Waals surface area contributed by atoms with Crippen LogP contribution in [0, 0.1) is 0 Å². The average molecular weight is 268 g/mol. The van der Waals surface area contributed by atoms with E-state index in [1.165, 1.54) is 5.56 Å². The van der Waals surface area contributed by atoms with Gasteiger partial charge in [0.2, 0.25) is 5.91 Å². The summed E-state index contributed by atoms with van der Waals surface area (Å²) >= 11 is 0. The normalized spacial score (nSPS) is 11.8. The van der Waals surface area contributed by atoms with Crippen molar-refractivity contribution in [3.8, 4) is 0 Å². The summed E-state index contributed by atoms with van der Waals surface area (Å²) in [6.45, 7) is 2.02. The van der Waals surface area contributed by atoms with Crippen molar-refractivity contribution >= 4 is 11.6 Å². The summed E-state index contributed by atoms with van der Waals surface area (Å²) in [6.07, 6.45) is 1.23. The van der Waals surface area contributed by atoms with Crippen molar-refractivity contribution in [1.82, 2.24) is 5.32 Å². The third kappa shape index (κ3) is 4.43. The van der Waals surface area contributed by atoms with Gasteiger partial charge in [-0.1, -0.05) is 42.5 Å². The van der Waals surface area contributed by atoms with Crippen LogP contribution in [-0.2, 0) is 17.6 Å². The van der Waals surface area contributed by atoms with E-state index in [-0.39, 0.29) is 11.9 Å². The monoisotopic (exact) mass is 268 g/mol. The van der Waals surface area contributed by atoms with Crippen LogP contribution in [0.4, 0.5) is 5.69 Å². The molecule has 0 spiro atoms. The Morgan fingerprint density at radius 2 is 1.70 bits per heavy atom. The van der Waals surface area contributed by atoms with Crippen LogP contribution < -0.4 is 11.1 Å². The quantitative estimate of drug-likeness (QED) is 0.819. The van der Waals surface area contributed by atoms with Crippen LogP contribution in [0.2, 0.25) is 0 Å². The third-order valence-electron chi connectivity index (χ3n) is 3.14. The molecule has 0 unspecified atom stereocenters. The van der Waals surface area contributed by atoms with Gasteiger partial charge in [-0.15, -0.1) is 0 Å². The van der Waals surface area contributed by atoms with Gasteiger partial charge in [-0.3, -0.25) is 4.79 Å². The number of rotatable bonds is 5. The molecular formula is C17H20N2O. The van der Waals surface area contributed by atoms with E-state index in [0.717, 1.165) is 12.0 Å². The van der Waals surface area contributed by atoms with Gasteiger partial charge in [0.05, 0.1) is 6.42 Å². The molecular weight excluding hydrogens is 248 g/mol. The number of amides is 1. The molecule has 0 aliphatic heterocycles. The van der Waals surface area contributed by atoms with Gasteiger partial charge in [-0.25, -0.2) is 0 Å². The van der Waals surface area contributed by atoms with Crippen LogP contribution in [0.3, 0.4) is 0 Å². The summed E-state index contributed by atoms with van der Waals surface area (Å²) < 4.78 is 0. The molecule has 104 valence electrons. The first-order chi connectivity index (χ1) is 9.63. The standard InChI is InChI=1S/C17H20N2O/c1-13(11-14-5-3-2-4-6-14)19-17(20)12-15-7-9-16(18)10-8-15/h2-10,13H,11-12,18H2,1H3,(H,19,20)/t13-/m1/s1. The molecule has 0 radical (unpaired) electrons. The van der Waals surface area contributed by atoms with Crippen molar-refractivity contribution in [3.63, 3.8) is 0 Å². The fourth-order valence-electron chi connectivity index (χ4n) is 2.17. The Morgan fingerprint density at radius 1 is 1.05 bits per heavy atom. The van der Waals surface area contributed by atoms with Crippen LogP contribution in [0.15, 0.2) is 54.6 Å². The van der Waals surface area contributed by atoms with Crippen molar-refractivity contribution in [2.45, 2.75) is 25.8 Å². The summed E-state index contributed by atoms with van der Waals surface area (Å²) in [4.78, 5) is 12.0. The molecule has 2 aromatic rings. The maximum Gasteiger partial charge on any atom is 0.224 e. The van der Waals surface area contributed by atoms with Crippen LogP contribution in [0.1, 0.15) is 18.1 Å². The third-order valence-corrected chi connectivity index (χ3v) is 3.14. The first-order valence-corrected chi connectivity index (χ1v) is 6.81. The van der Waals surface area contributed by atoms with Gasteiger partial charge in [-0.05, 0) is 36.6 Å². The highest BCUT2D eigenvalue weighted by molar-refractivity contribution is 5.79. The van der Waals surface area contributed by atoms with Crippen molar-refractivity contribution in [3.05, 3.63) is 65.7 Å². The Morgan fingerprint density at radius 3 is 2.35 bits per heavy atom. The minimum Gasteiger partial charge on any atom is -0.399 e. The largest absolute Gasteiger partial charge is 0.399 e. The smallest absolute Gasteiger partial charge is 0.224 e. The van der Waals surface area contributed by atoms with E-state index >= 15 is 0 Å². The van der Waals surface area contributed by atoms with Crippen LogP contribution in [-0.4, -0.2) is 11.9 Å². The summed E-state index contributed by atoms with van der Waals surface area (Å²) in [5.74, 6) is 0.0400. The van der Waals surface area contributed by atoms with Gasteiger partial charge in [0.15, 0.2) is 0 Å². The van der Waals surface area contributed by atoms with Gasteiger partial charge in [0, 0.05) is 11.7 Å². The van der Waals surface area contributed by atoms with E-state index in [0.29, 0.717) is 12.1 Å². The lowest BCUT2D eigenvalue weighted by atomic mass is 10.1. The molecule has 0 saturated carbocycles. The van der Waals surface area contributed by atoms with E-state index in [2.05, 4.69) is 17.4 Å². The maximum atomic E-state index is 12.0. The van der Waals surface area contributed by atoms with E-state index in [9.17, 15) is 4.79 Å². The lowest BCUT2D eigenvalue weighted by Gasteiger charge is -2.14. The summed E-state index contributed by atoms with van der Waals surface area (Å²) in [6, 6.07) is 17.7. The zero-order valence-electron chi connectivity index (χ0n) is 11.7. The maximum absolute atomic E-state index is 12.0. The highest BCUT2D eigenvalue weighted by Crippen LogP contribution is 2.07. The average Bonchev–Trinajstić information content (AvgIpc) is 2.42. The van der Waals surface area contributed by atoms with Crippen molar-refractivity contribution < 1.29 is 4.79 Å². The number of hydrogen-bond donors (Lipinski definition) is 2. The van der Waals surface area contributed by atoms with Gasteiger partial charge in [0.1, 0.15) is 0 Å². The first kappa shape index (κ1) is 14.1. The molecule has 2 aromatic carbocycles. The molecule has 1 atom stereocenters. The Labute approximate surface area is 119 Å². The molecule has 20 heavy (non-hydrogen) atoms. The minimum absolute atomic E-state index is 0.0400. The van der Waals surface area contributed by atoms with Gasteiger partial charge < -0.3 is 11.1 Å². The van der Waals surface area contributed by atoms with Gasteiger partial charge in [0.25, 0.3) is 0 Å². The number of carbonyl (C=O) groups is 1. The Balaban J connectivity index is 1.83. The topological polar surface area (TPSA) is 55.1 Å². The number of anilines is 1. The number of benzene rings is 2. The van der Waals surface area contributed by atoms with Crippen LogP contribution in [0.5, 0.6) is 0 Å². The highest BCUT2D eigenvalue weighted by Gasteiger charge is 2.08. The van der Waals surface area contributed by atoms with E-state index in [4.69, 9.17) is 5.73 Å². The number of nitrogens with two attached hydrogens (primary N) is 1. The summed E-state index contributed by atoms with van der Waals surface area (Å²) in [5, 5.41) is 3.02. The molecule has 2 rings (SSSR count). The Bertz CT molecular complexity index is 549. The first-order valence-electron chi connectivity index (χ1n) is 6.81. The fourth-order valence-corrected chi connectivity index (χ4v) is 2.17. The molecule has 0 saturated heterocycles. The van der Waals surface area contributed by atoms with E-state index in [1.54, 1.807) is 0 Å². The summed E-state index contributed by atoms with van der Waals surface area (Å²) in [5.41, 5.74) is 8.54. The molecule has 0 aliphatic carbocycles. The van der Waals surface area contributed by atoms with E-state index < -0.39 is 0 Å². The molecule has 0 fully saturated rings. The lowest BCUT2D eigenvalue weighted by Crippen LogP contribution is -2.35. The number of nitrogens with one attached hydrogen (secondary N) is 1. The Hall–Kier alpha value is -2.29. The molecule has 0 heterocycles. The molecule has 1 amide bonds. The fraction of sp³-hybridized carbons (Fsp3) is 0.235. The van der Waals surface area contributed by atoms with Crippen molar-refractivity contribution in [2.24, 2.45) is 0 Å². The number of carbonyl (C=O) groups excluding carboxylic acids is 1. The second kappa shape index (κ2) is 6.75. The van der Waals surface area contributed by atoms with Crippen molar-refractivity contribution in [1.29, 1.82) is 0 Å². The Kier molecular flexibility index (Phi) is 4.77. The second-order valence-corrected chi connectivity index (χ2v) is 5.08. The van der Waals surface area contributed by atoms with E-state index in [1.807, 2.05) is 49.4 Å². The molecule has 3 nitrogen and oxygen atoms in total. The van der Waals surface area contributed by atoms with Gasteiger partial charge >= 0.3 is 0 Å². The molecule has 3 N–H and O–H groups in total. The highest BCUT2D eigenvalue weighted by atomic mass is 16.1. The van der Waals surface area contributed by atoms with Gasteiger partial charge in [-0.2, -0.15) is 0 Å². The molecule has 3 heteroatoms. The predicted octanol–water partition coefficient (Wildman–Crippen LogP) is 2.56. The molecule has 0 bridgehead atoms. The van der Waals surface area contributed by atoms with Crippen LogP contribution >= 0.6 is 0 Å². The molecule has 0 aliphatic rings. The zero-order valence-corrected chi connectivity index (χ0v) is 11.7. The minimum atomic E-state index is 0.0400. The second-order valence-electron chi connectivity index (χ2n) is 5.08. The lowest BCUT2D eigenvalue weighted by molar-refractivity contribution is -0.121. The SMILES string of the molecule is C[C@H](Cc1ccccc1)NC(=O)Cc1ccc(N)cc1. The zero-order chi connectivity index (χ0) is 14.4. The molecule has 0 aromatic heterocycles. The number of nitrogen functional groups attached to an aromatic ring is 1. The number of hydrogen-bond acceptors (Lipinski definition) is 2.